The van der Waals surface area contributed by atoms with Crippen molar-refractivity contribution < 1.29 is 19.0 Å². The number of esters is 1. The van der Waals surface area contributed by atoms with Gasteiger partial charge >= 0.3 is 5.97 Å². The number of aryl methyl sites for hydroxylation is 1. The average molecular weight is 222 g/mol. The largest absolute Gasteiger partial charge is 0.497 e. The van der Waals surface area contributed by atoms with E-state index in [4.69, 9.17) is 14.2 Å². The van der Waals surface area contributed by atoms with E-state index in [1.807, 2.05) is 13.0 Å². The molecule has 16 heavy (non-hydrogen) atoms. The van der Waals surface area contributed by atoms with Gasteiger partial charge in [-0.3, -0.25) is 0 Å². The van der Waals surface area contributed by atoms with Crippen molar-refractivity contribution in [3.8, 4) is 11.5 Å². The Kier molecular flexibility index (Phi) is 3.10. The van der Waals surface area contributed by atoms with Crippen LogP contribution < -0.4 is 9.47 Å². The number of hydrogen-bond acceptors (Lipinski definition) is 4. The number of methoxy groups -OCH3 is 1. The summed E-state index contributed by atoms with van der Waals surface area (Å²) in [6.45, 7) is 2.47. The summed E-state index contributed by atoms with van der Waals surface area (Å²) < 4.78 is 15.2. The van der Waals surface area contributed by atoms with Crippen molar-refractivity contribution in [3.05, 3.63) is 23.8 Å². The third kappa shape index (κ3) is 2.33. The summed E-state index contributed by atoms with van der Waals surface area (Å²) in [7, 11) is 1.61. The molecule has 0 saturated carbocycles. The number of rotatable bonds is 4. The van der Waals surface area contributed by atoms with Gasteiger partial charge in [0.25, 0.3) is 0 Å². The highest BCUT2D eigenvalue weighted by Crippen LogP contribution is 2.26. The molecule has 0 aromatic heterocycles. The zero-order valence-corrected chi connectivity index (χ0v) is 9.36. The molecule has 0 amide bonds. The van der Waals surface area contributed by atoms with Crippen molar-refractivity contribution in [1.82, 2.24) is 0 Å². The summed E-state index contributed by atoms with van der Waals surface area (Å²) in [6.07, 6.45) is 0.414. The molecular weight excluding hydrogens is 208 g/mol. The predicted molar refractivity (Wildman–Crippen MR) is 57.7 cm³/mol. The Morgan fingerprint density at radius 2 is 2.31 bits per heavy atom. The molecule has 0 aliphatic carbocycles. The van der Waals surface area contributed by atoms with E-state index < -0.39 is 0 Å². The molecule has 0 radical (unpaired) electrons. The molecule has 4 nitrogen and oxygen atoms in total. The van der Waals surface area contributed by atoms with Crippen molar-refractivity contribution in [3.63, 3.8) is 0 Å². The highest BCUT2D eigenvalue weighted by atomic mass is 16.6. The summed E-state index contributed by atoms with van der Waals surface area (Å²) in [6, 6.07) is 5.39. The Hall–Kier alpha value is -1.55. The summed E-state index contributed by atoms with van der Waals surface area (Å²) in [5.74, 6) is 1.03. The van der Waals surface area contributed by atoms with E-state index in [2.05, 4.69) is 0 Å². The quantitative estimate of drug-likeness (QED) is 0.440. The van der Waals surface area contributed by atoms with Crippen LogP contribution in [0.1, 0.15) is 12.5 Å². The van der Waals surface area contributed by atoms with Crippen LogP contribution in [-0.2, 0) is 16.0 Å². The van der Waals surface area contributed by atoms with Crippen LogP contribution in [-0.4, -0.2) is 25.8 Å². The lowest BCUT2D eigenvalue weighted by molar-refractivity contribution is -0.135. The third-order valence-corrected chi connectivity index (χ3v) is 2.46. The molecule has 86 valence electrons. The Bertz CT molecular complexity index is 396. The maximum absolute atomic E-state index is 11.4. The number of carbonyl (C=O) groups is 1. The first-order chi connectivity index (χ1) is 7.74. The van der Waals surface area contributed by atoms with Crippen LogP contribution in [0.15, 0.2) is 18.2 Å². The molecule has 1 unspecified atom stereocenters. The fourth-order valence-electron chi connectivity index (χ4n) is 1.42. The summed E-state index contributed by atoms with van der Waals surface area (Å²) >= 11 is 0. The molecule has 1 aliphatic rings. The average Bonchev–Trinajstić information content (AvgIpc) is 3.13. The minimum absolute atomic E-state index is 0.320. The van der Waals surface area contributed by atoms with Gasteiger partial charge in [0.2, 0.25) is 0 Å². The van der Waals surface area contributed by atoms with Gasteiger partial charge < -0.3 is 14.2 Å². The minimum Gasteiger partial charge on any atom is -0.497 e. The fourth-order valence-corrected chi connectivity index (χ4v) is 1.42. The van der Waals surface area contributed by atoms with Crippen LogP contribution in [0.3, 0.4) is 0 Å². The lowest BCUT2D eigenvalue weighted by Gasteiger charge is -2.09. The molecule has 1 aromatic carbocycles. The van der Waals surface area contributed by atoms with Crippen LogP contribution in [0.4, 0.5) is 0 Å². The lowest BCUT2D eigenvalue weighted by atomic mass is 10.1. The second-order valence-electron chi connectivity index (χ2n) is 3.57. The molecule has 2 rings (SSSR count). The van der Waals surface area contributed by atoms with E-state index in [0.29, 0.717) is 12.4 Å². The van der Waals surface area contributed by atoms with Crippen molar-refractivity contribution in [2.24, 2.45) is 0 Å². The molecule has 1 saturated heterocycles. The number of epoxide rings is 1. The third-order valence-electron chi connectivity index (χ3n) is 2.46. The Balaban J connectivity index is 2.15. The maximum atomic E-state index is 11.4. The Morgan fingerprint density at radius 1 is 1.56 bits per heavy atom. The number of carbonyl (C=O) groups excluding carboxylic acids is 1. The van der Waals surface area contributed by atoms with Gasteiger partial charge in [0.15, 0.2) is 6.10 Å². The van der Waals surface area contributed by atoms with Crippen molar-refractivity contribution in [1.29, 1.82) is 0 Å². The van der Waals surface area contributed by atoms with Crippen LogP contribution >= 0.6 is 0 Å². The second kappa shape index (κ2) is 4.53. The predicted octanol–water partition coefficient (Wildman–Crippen LogP) is 1.56. The normalized spacial score (nSPS) is 18.0. The zero-order chi connectivity index (χ0) is 11.5. The highest BCUT2D eigenvalue weighted by molar-refractivity contribution is 5.79. The summed E-state index contributed by atoms with van der Waals surface area (Å²) in [4.78, 5) is 11.4. The molecule has 4 heteroatoms. The maximum Gasteiger partial charge on any atom is 0.343 e. The van der Waals surface area contributed by atoms with Crippen LogP contribution in [0.5, 0.6) is 11.5 Å². The van der Waals surface area contributed by atoms with Gasteiger partial charge in [0, 0.05) is 0 Å². The second-order valence-corrected chi connectivity index (χ2v) is 3.57. The number of benzene rings is 1. The van der Waals surface area contributed by atoms with Gasteiger partial charge in [-0.1, -0.05) is 6.92 Å². The van der Waals surface area contributed by atoms with Gasteiger partial charge in [-0.2, -0.15) is 0 Å². The molecule has 0 N–H and O–H groups in total. The molecule has 0 bridgehead atoms. The van der Waals surface area contributed by atoms with Crippen LogP contribution in [0.25, 0.3) is 0 Å². The van der Waals surface area contributed by atoms with Gasteiger partial charge in [0.05, 0.1) is 13.7 Å². The highest BCUT2D eigenvalue weighted by Gasteiger charge is 2.33. The Morgan fingerprint density at radius 3 is 2.88 bits per heavy atom. The minimum atomic E-state index is -0.369. The van der Waals surface area contributed by atoms with Gasteiger partial charge in [-0.15, -0.1) is 0 Å². The summed E-state index contributed by atoms with van der Waals surface area (Å²) in [5.41, 5.74) is 0.952. The van der Waals surface area contributed by atoms with Gasteiger partial charge in [0.1, 0.15) is 11.5 Å². The summed E-state index contributed by atoms with van der Waals surface area (Å²) in [5, 5.41) is 0. The van der Waals surface area contributed by atoms with Crippen LogP contribution in [0.2, 0.25) is 0 Å². The molecular formula is C12H14O4. The first-order valence-electron chi connectivity index (χ1n) is 5.24. The smallest absolute Gasteiger partial charge is 0.343 e. The van der Waals surface area contributed by atoms with E-state index >= 15 is 0 Å². The SMILES string of the molecule is CCc1cc(OC)ccc1OC(=O)C1CO1. The van der Waals surface area contributed by atoms with Crippen molar-refractivity contribution in [2.45, 2.75) is 19.4 Å². The fraction of sp³-hybridized carbons (Fsp3) is 0.417. The number of hydrogen-bond donors (Lipinski definition) is 0. The van der Waals surface area contributed by atoms with Crippen molar-refractivity contribution in [2.75, 3.05) is 13.7 Å². The molecule has 1 fully saturated rings. The topological polar surface area (TPSA) is 48.1 Å². The van der Waals surface area contributed by atoms with Gasteiger partial charge in [-0.25, -0.2) is 4.79 Å². The molecule has 1 aromatic rings. The lowest BCUT2D eigenvalue weighted by Crippen LogP contribution is -2.15. The van der Waals surface area contributed by atoms with Crippen LogP contribution in [0, 0.1) is 0 Å². The van der Waals surface area contributed by atoms with E-state index in [-0.39, 0.29) is 12.1 Å². The zero-order valence-electron chi connectivity index (χ0n) is 9.36. The van der Waals surface area contributed by atoms with Gasteiger partial charge in [-0.05, 0) is 30.2 Å². The first kappa shape index (κ1) is 11.0. The van der Waals surface area contributed by atoms with E-state index in [1.165, 1.54) is 0 Å². The Labute approximate surface area is 94.1 Å². The molecule has 1 atom stereocenters. The standard InChI is InChI=1S/C12H14O4/c1-3-8-6-9(14-2)4-5-10(8)16-12(13)11-7-15-11/h4-6,11H,3,7H2,1-2H3. The van der Waals surface area contributed by atoms with E-state index in [9.17, 15) is 4.79 Å². The van der Waals surface area contributed by atoms with E-state index in [0.717, 1.165) is 17.7 Å². The number of ether oxygens (including phenoxy) is 3. The van der Waals surface area contributed by atoms with Crippen molar-refractivity contribution >= 4 is 5.97 Å². The monoisotopic (exact) mass is 222 g/mol. The molecule has 1 heterocycles. The van der Waals surface area contributed by atoms with E-state index in [1.54, 1.807) is 19.2 Å². The molecule has 1 aliphatic heterocycles. The first-order valence-corrected chi connectivity index (χ1v) is 5.24. The molecule has 0 spiro atoms.